The predicted octanol–water partition coefficient (Wildman–Crippen LogP) is 1.67. The van der Waals surface area contributed by atoms with E-state index in [1.54, 1.807) is 0 Å². The number of hydrogen-bond acceptors (Lipinski definition) is 2. The van der Waals surface area contributed by atoms with E-state index < -0.39 is 0 Å². The standard InChI is InChI=1S/C10H20N2/c1-5-6-7-9(12-11)8-10(2,3)4/h9,12H,7-8,11H2,1-4H3. The Morgan fingerprint density at radius 1 is 1.42 bits per heavy atom. The fourth-order valence-corrected chi connectivity index (χ4v) is 1.15. The first-order chi connectivity index (χ1) is 5.49. The zero-order chi connectivity index (χ0) is 9.61. The van der Waals surface area contributed by atoms with E-state index in [0.717, 1.165) is 12.8 Å². The van der Waals surface area contributed by atoms with Gasteiger partial charge < -0.3 is 0 Å². The molecule has 1 atom stereocenters. The van der Waals surface area contributed by atoms with Crippen LogP contribution >= 0.6 is 0 Å². The van der Waals surface area contributed by atoms with Crippen LogP contribution in [0.3, 0.4) is 0 Å². The van der Waals surface area contributed by atoms with E-state index >= 15 is 0 Å². The lowest BCUT2D eigenvalue weighted by molar-refractivity contribution is 0.312. The van der Waals surface area contributed by atoms with E-state index in [-0.39, 0.29) is 0 Å². The van der Waals surface area contributed by atoms with Gasteiger partial charge in [0.25, 0.3) is 0 Å². The van der Waals surface area contributed by atoms with E-state index in [9.17, 15) is 0 Å². The van der Waals surface area contributed by atoms with Gasteiger partial charge >= 0.3 is 0 Å². The molecule has 0 rings (SSSR count). The molecule has 0 radical (unpaired) electrons. The number of nitrogens with two attached hydrogens (primary N) is 1. The van der Waals surface area contributed by atoms with Gasteiger partial charge in [-0.1, -0.05) is 20.8 Å². The predicted molar refractivity (Wildman–Crippen MR) is 53.3 cm³/mol. The van der Waals surface area contributed by atoms with Crippen LogP contribution in [0.1, 0.15) is 40.5 Å². The Morgan fingerprint density at radius 2 is 2.00 bits per heavy atom. The van der Waals surface area contributed by atoms with Crippen LogP contribution in [-0.2, 0) is 0 Å². The third-order valence-electron chi connectivity index (χ3n) is 1.62. The Morgan fingerprint density at radius 3 is 2.33 bits per heavy atom. The largest absolute Gasteiger partial charge is 0.271 e. The molecule has 0 aliphatic carbocycles. The lowest BCUT2D eigenvalue weighted by Crippen LogP contribution is -2.37. The molecule has 0 saturated heterocycles. The summed E-state index contributed by atoms with van der Waals surface area (Å²) in [5, 5.41) is 0. The topological polar surface area (TPSA) is 38.0 Å². The molecule has 0 heterocycles. The first kappa shape index (κ1) is 11.5. The van der Waals surface area contributed by atoms with Crippen LogP contribution in [-0.4, -0.2) is 6.04 Å². The quantitative estimate of drug-likeness (QED) is 0.382. The summed E-state index contributed by atoms with van der Waals surface area (Å²) in [5.74, 6) is 11.3. The molecule has 0 aromatic carbocycles. The minimum Gasteiger partial charge on any atom is -0.271 e. The van der Waals surface area contributed by atoms with Crippen LogP contribution in [0.25, 0.3) is 0 Å². The van der Waals surface area contributed by atoms with Gasteiger partial charge in [0.1, 0.15) is 0 Å². The van der Waals surface area contributed by atoms with Gasteiger partial charge in [-0.25, -0.2) is 0 Å². The number of nitrogens with one attached hydrogen (secondary N) is 1. The maximum Gasteiger partial charge on any atom is 0.0324 e. The Hall–Kier alpha value is -0.520. The molecule has 3 N–H and O–H groups in total. The van der Waals surface area contributed by atoms with Crippen molar-refractivity contribution in [2.24, 2.45) is 11.3 Å². The van der Waals surface area contributed by atoms with Crippen molar-refractivity contribution in [2.45, 2.75) is 46.6 Å². The van der Waals surface area contributed by atoms with Crippen molar-refractivity contribution in [1.82, 2.24) is 5.43 Å². The normalized spacial score (nSPS) is 13.4. The Bertz CT molecular complexity index is 169. The maximum absolute atomic E-state index is 5.40. The fraction of sp³-hybridized carbons (Fsp3) is 0.800. The first-order valence-electron chi connectivity index (χ1n) is 4.35. The second kappa shape index (κ2) is 5.18. The number of rotatable bonds is 3. The first-order valence-corrected chi connectivity index (χ1v) is 4.35. The van der Waals surface area contributed by atoms with E-state index in [4.69, 9.17) is 5.84 Å². The van der Waals surface area contributed by atoms with Gasteiger partial charge in [0, 0.05) is 12.5 Å². The molecule has 0 aliphatic heterocycles. The third-order valence-corrected chi connectivity index (χ3v) is 1.62. The summed E-state index contributed by atoms with van der Waals surface area (Å²) >= 11 is 0. The van der Waals surface area contributed by atoms with Gasteiger partial charge in [-0.15, -0.1) is 11.8 Å². The summed E-state index contributed by atoms with van der Waals surface area (Å²) in [7, 11) is 0. The molecular formula is C10H20N2. The molecule has 0 saturated carbocycles. The Balaban J connectivity index is 3.88. The molecule has 0 amide bonds. The highest BCUT2D eigenvalue weighted by molar-refractivity contribution is 4.98. The SMILES string of the molecule is CC#CCC(CC(C)(C)C)NN. The lowest BCUT2D eigenvalue weighted by Gasteiger charge is -2.23. The van der Waals surface area contributed by atoms with Gasteiger partial charge in [-0.3, -0.25) is 11.3 Å². The highest BCUT2D eigenvalue weighted by Crippen LogP contribution is 2.21. The van der Waals surface area contributed by atoms with E-state index in [1.807, 2.05) is 6.92 Å². The average molecular weight is 168 g/mol. The summed E-state index contributed by atoms with van der Waals surface area (Å²) in [5.41, 5.74) is 3.10. The molecule has 0 aliphatic rings. The molecule has 1 unspecified atom stereocenters. The van der Waals surface area contributed by atoms with Crippen molar-refractivity contribution < 1.29 is 0 Å². The number of hydrazine groups is 1. The summed E-state index contributed by atoms with van der Waals surface area (Å²) in [6.45, 7) is 8.47. The summed E-state index contributed by atoms with van der Waals surface area (Å²) < 4.78 is 0. The van der Waals surface area contributed by atoms with Crippen molar-refractivity contribution in [3.8, 4) is 11.8 Å². The molecule has 0 aromatic heterocycles. The zero-order valence-electron chi connectivity index (χ0n) is 8.57. The highest BCUT2D eigenvalue weighted by atomic mass is 15.2. The van der Waals surface area contributed by atoms with Gasteiger partial charge in [-0.05, 0) is 18.8 Å². The molecule has 2 nitrogen and oxygen atoms in total. The minimum atomic E-state index is 0.312. The molecule has 0 fully saturated rings. The van der Waals surface area contributed by atoms with Crippen molar-refractivity contribution in [1.29, 1.82) is 0 Å². The lowest BCUT2D eigenvalue weighted by atomic mass is 9.87. The molecular weight excluding hydrogens is 148 g/mol. The summed E-state index contributed by atoms with van der Waals surface area (Å²) in [6.07, 6.45) is 1.89. The Kier molecular flexibility index (Phi) is 4.96. The van der Waals surface area contributed by atoms with Gasteiger partial charge in [0.15, 0.2) is 0 Å². The van der Waals surface area contributed by atoms with E-state index in [1.165, 1.54) is 0 Å². The van der Waals surface area contributed by atoms with Crippen LogP contribution in [0.5, 0.6) is 0 Å². The minimum absolute atomic E-state index is 0.312. The van der Waals surface area contributed by atoms with Gasteiger partial charge in [-0.2, -0.15) is 0 Å². The van der Waals surface area contributed by atoms with Crippen LogP contribution in [0, 0.1) is 17.3 Å². The third kappa shape index (κ3) is 6.21. The zero-order valence-corrected chi connectivity index (χ0v) is 8.57. The second-order valence-electron chi connectivity index (χ2n) is 4.26. The van der Waals surface area contributed by atoms with Crippen molar-refractivity contribution in [2.75, 3.05) is 0 Å². The molecule has 70 valence electrons. The Labute approximate surface area is 75.9 Å². The van der Waals surface area contributed by atoms with Gasteiger partial charge in [0.05, 0.1) is 0 Å². The smallest absolute Gasteiger partial charge is 0.0324 e. The van der Waals surface area contributed by atoms with Crippen molar-refractivity contribution >= 4 is 0 Å². The average Bonchev–Trinajstić information content (AvgIpc) is 1.95. The van der Waals surface area contributed by atoms with E-state index in [2.05, 4.69) is 38.0 Å². The van der Waals surface area contributed by atoms with Crippen molar-refractivity contribution in [3.05, 3.63) is 0 Å². The summed E-state index contributed by atoms with van der Waals surface area (Å²) in [6, 6.07) is 0.317. The molecule has 0 spiro atoms. The van der Waals surface area contributed by atoms with Crippen LogP contribution in [0.15, 0.2) is 0 Å². The monoisotopic (exact) mass is 168 g/mol. The van der Waals surface area contributed by atoms with Gasteiger partial charge in [0.2, 0.25) is 0 Å². The van der Waals surface area contributed by atoms with Crippen LogP contribution < -0.4 is 11.3 Å². The molecule has 12 heavy (non-hydrogen) atoms. The van der Waals surface area contributed by atoms with Crippen molar-refractivity contribution in [3.63, 3.8) is 0 Å². The fourth-order valence-electron chi connectivity index (χ4n) is 1.15. The second-order valence-corrected chi connectivity index (χ2v) is 4.26. The maximum atomic E-state index is 5.40. The molecule has 2 heteroatoms. The molecule has 0 bridgehead atoms. The molecule has 0 aromatic rings. The summed E-state index contributed by atoms with van der Waals surface area (Å²) in [4.78, 5) is 0. The van der Waals surface area contributed by atoms with Crippen LogP contribution in [0.4, 0.5) is 0 Å². The highest BCUT2D eigenvalue weighted by Gasteiger charge is 2.16. The van der Waals surface area contributed by atoms with Crippen LogP contribution in [0.2, 0.25) is 0 Å². The van der Waals surface area contributed by atoms with E-state index in [0.29, 0.717) is 11.5 Å². The number of hydrogen-bond donors (Lipinski definition) is 2.